The molecule has 2 fully saturated rings. The average molecular weight is 685 g/mol. The van der Waals surface area contributed by atoms with Crippen LogP contribution in [0.1, 0.15) is 68.9 Å². The van der Waals surface area contributed by atoms with Crippen LogP contribution >= 0.6 is 0 Å². The van der Waals surface area contributed by atoms with E-state index in [1.165, 1.54) is 6.07 Å². The van der Waals surface area contributed by atoms with Crippen LogP contribution in [0.15, 0.2) is 66.0 Å². The smallest absolute Gasteiger partial charge is 0.407 e. The van der Waals surface area contributed by atoms with E-state index in [4.69, 9.17) is 9.47 Å². The summed E-state index contributed by atoms with van der Waals surface area (Å²) in [7, 11) is 0. The van der Waals surface area contributed by atoms with Crippen LogP contribution in [-0.4, -0.2) is 88.8 Å². The molecule has 0 radical (unpaired) electrons. The fourth-order valence-corrected chi connectivity index (χ4v) is 7.08. The van der Waals surface area contributed by atoms with E-state index >= 15 is 0 Å². The van der Waals surface area contributed by atoms with Crippen molar-refractivity contribution in [3.63, 3.8) is 0 Å². The van der Waals surface area contributed by atoms with Crippen LogP contribution in [0, 0.1) is 0 Å². The lowest BCUT2D eigenvalue weighted by molar-refractivity contribution is -0.121. The van der Waals surface area contributed by atoms with Crippen molar-refractivity contribution in [1.29, 1.82) is 0 Å². The number of amides is 2. The van der Waals surface area contributed by atoms with Gasteiger partial charge < -0.3 is 30.3 Å². The van der Waals surface area contributed by atoms with Gasteiger partial charge in [0.2, 0.25) is 5.91 Å². The molecule has 2 amide bonds. The van der Waals surface area contributed by atoms with Gasteiger partial charge >= 0.3 is 6.09 Å². The van der Waals surface area contributed by atoms with Gasteiger partial charge in [0.25, 0.3) is 0 Å². The van der Waals surface area contributed by atoms with Gasteiger partial charge in [-0.25, -0.2) is 10.2 Å². The van der Waals surface area contributed by atoms with Gasteiger partial charge in [-0.1, -0.05) is 31.0 Å². The van der Waals surface area contributed by atoms with Gasteiger partial charge in [-0.15, -0.1) is 0 Å². The Hall–Kier alpha value is -4.68. The molecule has 1 aliphatic carbocycles. The van der Waals surface area contributed by atoms with E-state index in [1.54, 1.807) is 24.5 Å². The van der Waals surface area contributed by atoms with Crippen LogP contribution in [-0.2, 0) is 20.7 Å². The lowest BCUT2D eigenvalue weighted by Crippen LogP contribution is -2.46. The Morgan fingerprint density at radius 1 is 0.940 bits per heavy atom. The summed E-state index contributed by atoms with van der Waals surface area (Å²) in [6, 6.07) is 15.4. The van der Waals surface area contributed by atoms with Crippen LogP contribution in [0.4, 0.5) is 10.5 Å². The van der Waals surface area contributed by atoms with Crippen LogP contribution in [0.5, 0.6) is 11.5 Å². The zero-order chi connectivity index (χ0) is 34.7. The van der Waals surface area contributed by atoms with E-state index in [0.717, 1.165) is 85.1 Å². The van der Waals surface area contributed by atoms with Crippen molar-refractivity contribution in [2.45, 2.75) is 82.5 Å². The predicted octanol–water partition coefficient (Wildman–Crippen LogP) is 5.34. The van der Waals surface area contributed by atoms with Crippen molar-refractivity contribution >= 4 is 23.4 Å². The Morgan fingerprint density at radius 2 is 1.78 bits per heavy atom. The maximum atomic E-state index is 12.7. The second kappa shape index (κ2) is 17.3. The van der Waals surface area contributed by atoms with Crippen molar-refractivity contribution < 1.29 is 29.3 Å². The third kappa shape index (κ3) is 9.51. The second-order valence-corrected chi connectivity index (χ2v) is 13.3. The highest BCUT2D eigenvalue weighted by Gasteiger charge is 2.36. The second-order valence-electron chi connectivity index (χ2n) is 13.3. The zero-order valence-electron chi connectivity index (χ0n) is 28.5. The summed E-state index contributed by atoms with van der Waals surface area (Å²) in [4.78, 5) is 30.9. The van der Waals surface area contributed by atoms with Crippen LogP contribution in [0.25, 0.3) is 11.1 Å². The minimum Gasteiger partial charge on any atom is -0.504 e. The summed E-state index contributed by atoms with van der Waals surface area (Å²) in [6.07, 6.45) is 11.7. The lowest BCUT2D eigenvalue weighted by Gasteiger charge is -2.37. The summed E-state index contributed by atoms with van der Waals surface area (Å²) < 4.78 is 12.2. The molecule has 6 rings (SSSR count). The average Bonchev–Trinajstić information content (AvgIpc) is 3.60. The number of hydrogen-bond donors (Lipinski definition) is 5. The number of alkyl carbamates (subject to hydrolysis) is 1. The molecular weight excluding hydrogens is 636 g/mol. The first-order valence-electron chi connectivity index (χ1n) is 17.9. The first-order valence-corrected chi connectivity index (χ1v) is 17.9. The Morgan fingerprint density at radius 3 is 2.60 bits per heavy atom. The molecule has 12 heteroatoms. The SMILES string of the molecule is O=C1CCC(c2ccc(-c3ccncc3)cc2NCCCCNC(=O)O[C@@H]2CCN([C@@H]3CCCC[C@H]3OCCc3ccc(O)c(O)c3)C2)=NN1. The molecule has 2 aliphatic heterocycles. The Labute approximate surface area is 293 Å². The number of nitrogens with one attached hydrogen (secondary N) is 3. The first kappa shape index (κ1) is 35.2. The fourth-order valence-electron chi connectivity index (χ4n) is 7.08. The molecule has 0 spiro atoms. The number of pyridine rings is 1. The van der Waals surface area contributed by atoms with Crippen molar-refractivity contribution in [2.24, 2.45) is 5.10 Å². The molecule has 3 aliphatic rings. The van der Waals surface area contributed by atoms with Crippen molar-refractivity contribution in [3.8, 4) is 22.6 Å². The van der Waals surface area contributed by atoms with Gasteiger partial charge in [-0.3, -0.25) is 14.7 Å². The summed E-state index contributed by atoms with van der Waals surface area (Å²) >= 11 is 0. The largest absolute Gasteiger partial charge is 0.504 e. The van der Waals surface area contributed by atoms with Gasteiger partial charge in [-0.2, -0.15) is 5.10 Å². The molecular formula is C38H48N6O6. The number of phenolic OH excluding ortho intramolecular Hbond substituents is 2. The maximum absolute atomic E-state index is 12.7. The highest BCUT2D eigenvalue weighted by atomic mass is 16.6. The Balaban J connectivity index is 0.914. The van der Waals surface area contributed by atoms with E-state index in [0.29, 0.717) is 51.5 Å². The molecule has 50 heavy (non-hydrogen) atoms. The number of unbranched alkanes of at least 4 members (excludes halogenated alkanes) is 1. The number of hydrazone groups is 1. The molecule has 1 aromatic heterocycles. The molecule has 1 saturated carbocycles. The summed E-state index contributed by atoms with van der Waals surface area (Å²) in [5, 5.41) is 30.1. The minimum atomic E-state index is -0.372. The van der Waals surface area contributed by atoms with Crippen LogP contribution < -0.4 is 16.1 Å². The van der Waals surface area contributed by atoms with Crippen molar-refractivity contribution in [2.75, 3.05) is 38.1 Å². The van der Waals surface area contributed by atoms with Crippen LogP contribution in [0.2, 0.25) is 0 Å². The van der Waals surface area contributed by atoms with E-state index < -0.39 is 0 Å². The molecule has 12 nitrogen and oxygen atoms in total. The van der Waals surface area contributed by atoms with Gasteiger partial charge in [0.15, 0.2) is 11.5 Å². The fraction of sp³-hybridized carbons (Fsp3) is 0.474. The number of rotatable bonds is 14. The molecule has 3 atom stereocenters. The number of anilines is 1. The van der Waals surface area contributed by atoms with Gasteiger partial charge in [0.1, 0.15) is 6.10 Å². The van der Waals surface area contributed by atoms with Gasteiger partial charge in [0.05, 0.1) is 18.4 Å². The quantitative estimate of drug-likeness (QED) is 0.112. The molecule has 5 N–H and O–H groups in total. The zero-order valence-corrected chi connectivity index (χ0v) is 28.5. The van der Waals surface area contributed by atoms with Gasteiger partial charge in [0, 0.05) is 68.7 Å². The molecule has 1 saturated heterocycles. The number of carbonyl (C=O) groups excluding carboxylic acids is 2. The number of likely N-dealkylation sites (tertiary alicyclic amines) is 1. The number of nitrogens with zero attached hydrogens (tertiary/aromatic N) is 3. The monoisotopic (exact) mass is 684 g/mol. The van der Waals surface area contributed by atoms with E-state index in [-0.39, 0.29) is 35.7 Å². The number of carbonyl (C=O) groups is 2. The highest BCUT2D eigenvalue weighted by Crippen LogP contribution is 2.31. The maximum Gasteiger partial charge on any atom is 0.407 e. The number of aromatic nitrogens is 1. The molecule has 3 aromatic rings. The minimum absolute atomic E-state index is 0.0710. The summed E-state index contributed by atoms with van der Waals surface area (Å²) in [6.45, 7) is 3.37. The Bertz CT molecular complexity index is 1640. The standard InChI is InChI=1S/C38H48N6O6/c45-34-11-7-26(23-35(34)46)16-22-49-36-6-2-1-5-33(36)44-21-15-29(25-44)50-38(48)41-18-4-3-17-40-32-24-28(27-13-19-39-20-14-27)8-9-30(32)31-10-12-37(47)43-42-31/h7-9,11,13-14,19-20,23-24,29,33,36,40,45-46H,1-6,10,12,15-18,21-22,25H2,(H,41,48)(H,43,47)/t29-,33-,36-/m1/s1. The molecule has 3 heterocycles. The number of ether oxygens (including phenoxy) is 2. The van der Waals surface area contributed by atoms with Crippen molar-refractivity contribution in [1.82, 2.24) is 20.6 Å². The number of hydrogen-bond acceptors (Lipinski definition) is 10. The number of aromatic hydroxyl groups is 2. The summed E-state index contributed by atoms with van der Waals surface area (Å²) in [5.74, 6) is -0.299. The third-order valence-corrected chi connectivity index (χ3v) is 9.79. The van der Waals surface area contributed by atoms with E-state index in [9.17, 15) is 19.8 Å². The van der Waals surface area contributed by atoms with Crippen molar-refractivity contribution in [3.05, 3.63) is 72.1 Å². The van der Waals surface area contributed by atoms with E-state index in [2.05, 4.69) is 43.2 Å². The summed E-state index contributed by atoms with van der Waals surface area (Å²) in [5.41, 5.74) is 8.43. The van der Waals surface area contributed by atoms with Crippen LogP contribution in [0.3, 0.4) is 0 Å². The first-order chi connectivity index (χ1) is 24.4. The molecule has 266 valence electrons. The van der Waals surface area contributed by atoms with Gasteiger partial charge in [-0.05, 0) is 85.5 Å². The lowest BCUT2D eigenvalue weighted by atomic mass is 9.91. The predicted molar refractivity (Wildman–Crippen MR) is 191 cm³/mol. The third-order valence-electron chi connectivity index (χ3n) is 9.79. The topological polar surface area (TPSA) is 158 Å². The number of benzene rings is 2. The molecule has 0 bridgehead atoms. The Kier molecular flexibility index (Phi) is 12.2. The highest BCUT2D eigenvalue weighted by molar-refractivity contribution is 6.08. The molecule has 0 unspecified atom stereocenters. The normalized spacial score (nSPS) is 20.9. The van der Waals surface area contributed by atoms with E-state index in [1.807, 2.05) is 18.2 Å². The molecule has 2 aromatic carbocycles. The number of phenols is 2.